The molecule has 2 N–H and O–H groups in total. The van der Waals surface area contributed by atoms with Crippen LogP contribution in [0.1, 0.15) is 30.5 Å². The molecule has 2 aromatic rings. The fraction of sp³-hybridized carbons (Fsp3) is 0.556. The van der Waals surface area contributed by atoms with Gasteiger partial charge in [0.05, 0.1) is 15.7 Å². The van der Waals surface area contributed by atoms with Crippen molar-refractivity contribution in [1.82, 2.24) is 15.6 Å². The van der Waals surface area contributed by atoms with E-state index in [4.69, 9.17) is 4.99 Å². The molecule has 0 atom stereocenters. The predicted molar refractivity (Wildman–Crippen MR) is 125 cm³/mol. The van der Waals surface area contributed by atoms with Crippen LogP contribution in [0.25, 0.3) is 0 Å². The lowest BCUT2D eigenvalue weighted by Gasteiger charge is -2.33. The Kier molecular flexibility index (Phi) is 9.13. The van der Waals surface area contributed by atoms with Crippen LogP contribution < -0.4 is 15.5 Å². The second-order valence-electron chi connectivity index (χ2n) is 6.23. The maximum Gasteiger partial charge on any atom is 0.191 e. The SMILES string of the molecule is CCNC(=NCCc1csc(C)n1)NC1CCN(c2cccs2)CC1.I. The van der Waals surface area contributed by atoms with Crippen LogP contribution in [0.2, 0.25) is 0 Å². The highest BCUT2D eigenvalue weighted by Gasteiger charge is 2.20. The second-order valence-corrected chi connectivity index (χ2v) is 8.21. The predicted octanol–water partition coefficient (Wildman–Crippen LogP) is 3.90. The zero-order valence-electron chi connectivity index (χ0n) is 15.4. The van der Waals surface area contributed by atoms with Crippen molar-refractivity contribution in [1.29, 1.82) is 0 Å². The first-order chi connectivity index (χ1) is 12.2. The largest absolute Gasteiger partial charge is 0.363 e. The summed E-state index contributed by atoms with van der Waals surface area (Å²) in [5.41, 5.74) is 1.14. The van der Waals surface area contributed by atoms with Crippen LogP contribution >= 0.6 is 46.7 Å². The molecule has 0 aliphatic carbocycles. The number of piperidine rings is 1. The van der Waals surface area contributed by atoms with Crippen molar-refractivity contribution in [2.75, 3.05) is 31.1 Å². The lowest BCUT2D eigenvalue weighted by atomic mass is 10.1. The van der Waals surface area contributed by atoms with Gasteiger partial charge >= 0.3 is 0 Å². The van der Waals surface area contributed by atoms with E-state index in [0.717, 1.165) is 62.1 Å². The van der Waals surface area contributed by atoms with Gasteiger partial charge in [-0.05, 0) is 44.2 Å². The van der Waals surface area contributed by atoms with Crippen LogP contribution in [-0.4, -0.2) is 43.2 Å². The first-order valence-electron chi connectivity index (χ1n) is 8.99. The first-order valence-corrected chi connectivity index (χ1v) is 10.7. The molecular formula is C18H28IN5S2. The van der Waals surface area contributed by atoms with Crippen LogP contribution in [0.15, 0.2) is 27.9 Å². The van der Waals surface area contributed by atoms with Crippen LogP contribution in [-0.2, 0) is 6.42 Å². The Hall–Kier alpha value is -0.870. The maximum atomic E-state index is 4.73. The molecule has 26 heavy (non-hydrogen) atoms. The zero-order valence-corrected chi connectivity index (χ0v) is 19.4. The number of rotatable bonds is 6. The molecule has 0 amide bonds. The number of guanidine groups is 1. The molecule has 2 aromatic heterocycles. The minimum atomic E-state index is 0. The number of nitrogens with one attached hydrogen (secondary N) is 2. The number of aliphatic imine (C=N–C) groups is 1. The topological polar surface area (TPSA) is 52.6 Å². The molecule has 1 fully saturated rings. The van der Waals surface area contributed by atoms with Gasteiger partial charge in [-0.15, -0.1) is 46.7 Å². The van der Waals surface area contributed by atoms with Gasteiger partial charge in [0, 0.05) is 44.0 Å². The van der Waals surface area contributed by atoms with E-state index in [1.54, 1.807) is 11.3 Å². The van der Waals surface area contributed by atoms with Crippen molar-refractivity contribution >= 4 is 57.6 Å². The number of aryl methyl sites for hydroxylation is 1. The van der Waals surface area contributed by atoms with E-state index < -0.39 is 0 Å². The van der Waals surface area contributed by atoms with Crippen LogP contribution in [0.3, 0.4) is 0 Å². The number of hydrogen-bond acceptors (Lipinski definition) is 5. The summed E-state index contributed by atoms with van der Waals surface area (Å²) in [5, 5.41) is 13.8. The Bertz CT molecular complexity index is 663. The molecule has 3 rings (SSSR count). The molecule has 0 unspecified atom stereocenters. The summed E-state index contributed by atoms with van der Waals surface area (Å²) < 4.78 is 0. The molecule has 0 bridgehead atoms. The Morgan fingerprint density at radius 1 is 1.35 bits per heavy atom. The Balaban J connectivity index is 0.00000243. The summed E-state index contributed by atoms with van der Waals surface area (Å²) in [4.78, 5) is 11.7. The molecule has 1 saturated heterocycles. The van der Waals surface area contributed by atoms with Crippen LogP contribution in [0.4, 0.5) is 5.00 Å². The molecule has 1 aliphatic heterocycles. The van der Waals surface area contributed by atoms with Gasteiger partial charge in [-0.1, -0.05) is 0 Å². The van der Waals surface area contributed by atoms with Gasteiger partial charge in [-0.3, -0.25) is 4.99 Å². The lowest BCUT2D eigenvalue weighted by molar-refractivity contribution is 0.463. The van der Waals surface area contributed by atoms with Crippen molar-refractivity contribution in [3.63, 3.8) is 0 Å². The minimum Gasteiger partial charge on any atom is -0.363 e. The highest BCUT2D eigenvalue weighted by molar-refractivity contribution is 14.0. The molecule has 0 aromatic carbocycles. The maximum absolute atomic E-state index is 4.73. The van der Waals surface area contributed by atoms with Gasteiger partial charge in [0.15, 0.2) is 5.96 Å². The number of halogens is 1. The van der Waals surface area contributed by atoms with E-state index >= 15 is 0 Å². The molecule has 0 saturated carbocycles. The van der Waals surface area contributed by atoms with Crippen molar-refractivity contribution < 1.29 is 0 Å². The third-order valence-electron chi connectivity index (χ3n) is 4.30. The van der Waals surface area contributed by atoms with Crippen molar-refractivity contribution in [3.8, 4) is 0 Å². The van der Waals surface area contributed by atoms with E-state index in [1.165, 1.54) is 5.00 Å². The molecule has 5 nitrogen and oxygen atoms in total. The number of thiophene rings is 1. The Morgan fingerprint density at radius 2 is 2.15 bits per heavy atom. The van der Waals surface area contributed by atoms with Crippen molar-refractivity contribution in [2.45, 2.75) is 39.2 Å². The minimum absolute atomic E-state index is 0. The third kappa shape index (κ3) is 6.38. The molecule has 0 radical (unpaired) electrons. The number of anilines is 1. The highest BCUT2D eigenvalue weighted by Crippen LogP contribution is 2.24. The smallest absolute Gasteiger partial charge is 0.191 e. The third-order valence-corrected chi connectivity index (χ3v) is 6.05. The quantitative estimate of drug-likeness (QED) is 0.355. The summed E-state index contributed by atoms with van der Waals surface area (Å²) in [6.07, 6.45) is 3.19. The molecule has 8 heteroatoms. The number of hydrogen-bond donors (Lipinski definition) is 2. The summed E-state index contributed by atoms with van der Waals surface area (Å²) in [5.74, 6) is 0.934. The average molecular weight is 505 g/mol. The van der Waals surface area contributed by atoms with Gasteiger partial charge in [-0.25, -0.2) is 4.98 Å². The van der Waals surface area contributed by atoms with Crippen LogP contribution in [0, 0.1) is 6.92 Å². The molecule has 3 heterocycles. The number of nitrogens with zero attached hydrogens (tertiary/aromatic N) is 3. The van der Waals surface area contributed by atoms with Crippen LogP contribution in [0.5, 0.6) is 0 Å². The summed E-state index contributed by atoms with van der Waals surface area (Å²) in [6.45, 7) is 8.03. The standard InChI is InChI=1S/C18H27N5S2.HI/c1-3-19-18(20-9-6-16-13-25-14(2)21-16)22-15-7-10-23(11-8-15)17-5-4-12-24-17;/h4-5,12-13,15H,3,6-11H2,1-2H3,(H2,19,20,22);1H. The summed E-state index contributed by atoms with van der Waals surface area (Å²) in [6, 6.07) is 4.84. The van der Waals surface area contributed by atoms with Crippen molar-refractivity contribution in [3.05, 3.63) is 33.6 Å². The highest BCUT2D eigenvalue weighted by atomic mass is 127. The van der Waals surface area contributed by atoms with E-state index in [-0.39, 0.29) is 24.0 Å². The van der Waals surface area contributed by atoms with E-state index in [2.05, 4.69) is 50.3 Å². The summed E-state index contributed by atoms with van der Waals surface area (Å²) >= 11 is 3.53. The summed E-state index contributed by atoms with van der Waals surface area (Å²) in [7, 11) is 0. The van der Waals surface area contributed by atoms with Gasteiger partial charge in [0.1, 0.15) is 0 Å². The fourth-order valence-electron chi connectivity index (χ4n) is 3.01. The molecular weight excluding hydrogens is 477 g/mol. The second kappa shape index (κ2) is 11.1. The van der Waals surface area contributed by atoms with Gasteiger partial charge in [-0.2, -0.15) is 0 Å². The molecule has 144 valence electrons. The first kappa shape index (κ1) is 21.4. The number of aromatic nitrogens is 1. The Morgan fingerprint density at radius 3 is 2.77 bits per heavy atom. The van der Waals surface area contributed by atoms with E-state index in [9.17, 15) is 0 Å². The van der Waals surface area contributed by atoms with Crippen molar-refractivity contribution in [2.24, 2.45) is 4.99 Å². The molecule has 1 aliphatic rings. The Labute approximate surface area is 181 Å². The van der Waals surface area contributed by atoms with Gasteiger partial charge in [0.25, 0.3) is 0 Å². The fourth-order valence-corrected chi connectivity index (χ4v) is 4.45. The molecule has 0 spiro atoms. The van der Waals surface area contributed by atoms with E-state index in [0.29, 0.717) is 6.04 Å². The average Bonchev–Trinajstić information content (AvgIpc) is 3.28. The lowest BCUT2D eigenvalue weighted by Crippen LogP contribution is -2.48. The van der Waals surface area contributed by atoms with Gasteiger partial charge < -0.3 is 15.5 Å². The number of thiazole rings is 1. The van der Waals surface area contributed by atoms with Gasteiger partial charge in [0.2, 0.25) is 0 Å². The normalized spacial score (nSPS) is 15.6. The van der Waals surface area contributed by atoms with E-state index in [1.807, 2.05) is 18.3 Å². The monoisotopic (exact) mass is 505 g/mol. The zero-order chi connectivity index (χ0) is 17.5.